The van der Waals surface area contributed by atoms with Crippen LogP contribution in [-0.2, 0) is 0 Å². The summed E-state index contributed by atoms with van der Waals surface area (Å²) in [5.74, 6) is -1.03. The zero-order valence-electron chi connectivity index (χ0n) is 9.29. The molecule has 0 spiro atoms. The first-order valence-corrected chi connectivity index (χ1v) is 6.00. The Hall–Kier alpha value is -1.72. The van der Waals surface area contributed by atoms with Crippen molar-refractivity contribution in [1.82, 2.24) is 10.1 Å². The number of hydrogen-bond donors (Lipinski definition) is 1. The third kappa shape index (κ3) is 2.05. The quantitative estimate of drug-likeness (QED) is 0.686. The topological polar surface area (TPSA) is 32.6 Å². The summed E-state index contributed by atoms with van der Waals surface area (Å²) in [5.41, 5.74) is 0.617. The van der Waals surface area contributed by atoms with Crippen molar-refractivity contribution in [3.8, 4) is 5.69 Å². The van der Waals surface area contributed by atoms with Gasteiger partial charge in [-0.3, -0.25) is 4.98 Å². The normalized spacial score (nSPS) is 11.2. The lowest BCUT2D eigenvalue weighted by molar-refractivity contribution is -0.652. The van der Waals surface area contributed by atoms with Crippen molar-refractivity contribution in [1.29, 1.82) is 0 Å². The van der Waals surface area contributed by atoms with Gasteiger partial charge in [-0.25, -0.2) is 8.78 Å². The maximum atomic E-state index is 13.5. The van der Waals surface area contributed by atoms with E-state index in [2.05, 4.69) is 10.1 Å². The Morgan fingerprint density at radius 1 is 1.11 bits per heavy atom. The smallest absolute Gasteiger partial charge is 0.261 e. The molecule has 96 valence electrons. The minimum atomic E-state index is -0.539. The van der Waals surface area contributed by atoms with Crippen molar-refractivity contribution in [2.75, 3.05) is 0 Å². The average Bonchev–Trinajstić information content (AvgIpc) is 2.72. The van der Waals surface area contributed by atoms with E-state index in [1.807, 2.05) is 0 Å². The van der Waals surface area contributed by atoms with Gasteiger partial charge in [0.05, 0.1) is 11.6 Å². The van der Waals surface area contributed by atoms with E-state index in [-0.39, 0.29) is 15.6 Å². The second-order valence-electron chi connectivity index (χ2n) is 3.91. The van der Waals surface area contributed by atoms with E-state index in [9.17, 15) is 8.78 Å². The van der Waals surface area contributed by atoms with E-state index in [0.717, 1.165) is 18.3 Å². The van der Waals surface area contributed by atoms with Gasteiger partial charge in [0.2, 0.25) is 6.20 Å². The Morgan fingerprint density at radius 3 is 2.42 bits per heavy atom. The summed E-state index contributed by atoms with van der Waals surface area (Å²) in [4.78, 5) is 3.74. The average molecular weight is 301 g/mol. The fourth-order valence-electron chi connectivity index (χ4n) is 1.84. The fourth-order valence-corrected chi connectivity index (χ4v) is 2.49. The Labute approximate surface area is 116 Å². The molecule has 0 amide bonds. The summed E-state index contributed by atoms with van der Waals surface area (Å²) in [5, 5.41) is 3.58. The number of aromatic nitrogens is 3. The predicted molar refractivity (Wildman–Crippen MR) is 67.6 cm³/mol. The molecule has 3 aromatic rings. The highest BCUT2D eigenvalue weighted by Crippen LogP contribution is 2.26. The molecule has 0 fully saturated rings. The molecule has 3 nitrogen and oxygen atoms in total. The number of rotatable bonds is 1. The first kappa shape index (κ1) is 12.3. The summed E-state index contributed by atoms with van der Waals surface area (Å²) in [6.45, 7) is 0. The van der Waals surface area contributed by atoms with Crippen molar-refractivity contribution in [3.05, 3.63) is 52.4 Å². The van der Waals surface area contributed by atoms with Crippen molar-refractivity contribution >= 4 is 34.1 Å². The first-order chi connectivity index (χ1) is 9.06. The Morgan fingerprint density at radius 2 is 1.79 bits per heavy atom. The molecule has 2 aromatic heterocycles. The highest BCUT2D eigenvalue weighted by molar-refractivity contribution is 6.37. The first-order valence-electron chi connectivity index (χ1n) is 5.25. The lowest BCUT2D eigenvalue weighted by atomic mass is 10.3. The van der Waals surface area contributed by atoms with E-state index in [1.165, 1.54) is 10.9 Å². The maximum absolute atomic E-state index is 13.5. The van der Waals surface area contributed by atoms with Gasteiger partial charge in [0.15, 0.2) is 5.82 Å². The molecule has 19 heavy (non-hydrogen) atoms. The van der Waals surface area contributed by atoms with Gasteiger partial charge in [-0.1, -0.05) is 27.9 Å². The van der Waals surface area contributed by atoms with Crippen LogP contribution in [-0.4, -0.2) is 10.1 Å². The third-order valence-corrected chi connectivity index (χ3v) is 3.23. The number of halogens is 4. The third-order valence-electron chi connectivity index (χ3n) is 2.65. The van der Waals surface area contributed by atoms with Gasteiger partial charge in [-0.2, -0.15) is 5.10 Å². The molecular formula is C12H6Cl2F2N3+. The second kappa shape index (κ2) is 4.43. The SMILES string of the molecule is Fc1cc(Cl)c(-[n+]2cc3cncc(F)c3[nH]2)c(Cl)c1. The van der Waals surface area contributed by atoms with E-state index >= 15 is 0 Å². The molecule has 0 atom stereocenters. The van der Waals surface area contributed by atoms with Crippen molar-refractivity contribution in [3.63, 3.8) is 0 Å². The molecule has 0 unspecified atom stereocenters. The van der Waals surface area contributed by atoms with Crippen LogP contribution in [0.5, 0.6) is 0 Å². The number of fused-ring (bicyclic) bond motifs is 1. The number of nitrogens with one attached hydrogen (secondary N) is 1. The van der Waals surface area contributed by atoms with Crippen LogP contribution in [0.2, 0.25) is 10.0 Å². The van der Waals surface area contributed by atoms with Gasteiger partial charge in [0.1, 0.15) is 21.4 Å². The minimum absolute atomic E-state index is 0.120. The molecular weight excluding hydrogens is 295 g/mol. The number of nitrogens with zero attached hydrogens (tertiary/aromatic N) is 2. The predicted octanol–water partition coefficient (Wildman–Crippen LogP) is 3.42. The molecule has 0 aliphatic rings. The van der Waals surface area contributed by atoms with E-state index in [4.69, 9.17) is 23.2 Å². The van der Waals surface area contributed by atoms with Gasteiger partial charge in [-0.15, -0.1) is 0 Å². The van der Waals surface area contributed by atoms with Gasteiger partial charge in [-0.05, 0) is 12.1 Å². The summed E-state index contributed by atoms with van der Waals surface area (Å²) in [7, 11) is 0. The molecule has 3 rings (SSSR count). The molecule has 2 heterocycles. The molecule has 0 aliphatic heterocycles. The molecule has 0 radical (unpaired) electrons. The van der Waals surface area contributed by atoms with Crippen molar-refractivity contribution < 1.29 is 13.5 Å². The fraction of sp³-hybridized carbons (Fsp3) is 0. The molecule has 0 saturated heterocycles. The van der Waals surface area contributed by atoms with Crippen molar-refractivity contribution in [2.45, 2.75) is 0 Å². The highest BCUT2D eigenvalue weighted by atomic mass is 35.5. The number of pyridine rings is 1. The summed E-state index contributed by atoms with van der Waals surface area (Å²) >= 11 is 11.9. The largest absolute Gasteiger partial charge is 0.272 e. The molecule has 1 aromatic carbocycles. The van der Waals surface area contributed by atoms with Crippen molar-refractivity contribution in [2.24, 2.45) is 0 Å². The van der Waals surface area contributed by atoms with E-state index in [1.54, 1.807) is 6.20 Å². The number of hydrogen-bond acceptors (Lipinski definition) is 1. The monoisotopic (exact) mass is 300 g/mol. The summed E-state index contributed by atoms with van der Waals surface area (Å²) in [6.07, 6.45) is 4.17. The molecule has 7 heteroatoms. The Bertz CT molecular complexity index is 763. The van der Waals surface area contributed by atoms with Crippen LogP contribution in [0, 0.1) is 11.6 Å². The van der Waals surface area contributed by atoms with Crippen LogP contribution in [0.15, 0.2) is 30.7 Å². The highest BCUT2D eigenvalue weighted by Gasteiger charge is 2.22. The second-order valence-corrected chi connectivity index (χ2v) is 4.73. The van der Waals surface area contributed by atoms with Crippen LogP contribution in [0.1, 0.15) is 0 Å². The summed E-state index contributed by atoms with van der Waals surface area (Å²) < 4.78 is 28.1. The zero-order chi connectivity index (χ0) is 13.6. The minimum Gasteiger partial charge on any atom is -0.261 e. The van der Waals surface area contributed by atoms with Crippen LogP contribution in [0.3, 0.4) is 0 Å². The Balaban J connectivity index is 2.28. The van der Waals surface area contributed by atoms with Gasteiger partial charge in [0, 0.05) is 6.20 Å². The van der Waals surface area contributed by atoms with Crippen LogP contribution in [0.25, 0.3) is 16.6 Å². The van der Waals surface area contributed by atoms with E-state index < -0.39 is 11.6 Å². The Kier molecular flexibility index (Phi) is 2.88. The van der Waals surface area contributed by atoms with Gasteiger partial charge >= 0.3 is 0 Å². The number of benzene rings is 1. The lowest BCUT2D eigenvalue weighted by Gasteiger charge is -1.98. The number of aromatic amines is 1. The molecule has 0 aliphatic carbocycles. The standard InChI is InChI=1S/C12H5Cl2F2N3/c13-8-1-7(15)2-9(14)12(8)19-5-6-3-17-4-10(16)11(6)18-19/h1-5H/p+1. The molecule has 0 bridgehead atoms. The van der Waals surface area contributed by atoms with E-state index in [0.29, 0.717) is 11.1 Å². The van der Waals surface area contributed by atoms with Gasteiger partial charge < -0.3 is 0 Å². The zero-order valence-corrected chi connectivity index (χ0v) is 10.8. The van der Waals surface area contributed by atoms with Crippen LogP contribution >= 0.6 is 23.2 Å². The molecule has 1 N–H and O–H groups in total. The summed E-state index contributed by atoms with van der Waals surface area (Å²) in [6, 6.07) is 2.27. The van der Waals surface area contributed by atoms with Crippen LogP contribution < -0.4 is 4.68 Å². The van der Waals surface area contributed by atoms with Gasteiger partial charge in [0.25, 0.3) is 5.69 Å². The lowest BCUT2D eigenvalue weighted by Crippen LogP contribution is -2.32. The molecule has 0 saturated carbocycles. The maximum Gasteiger partial charge on any atom is 0.272 e. The van der Waals surface area contributed by atoms with Crippen LogP contribution in [0.4, 0.5) is 8.78 Å². The number of H-pyrrole nitrogens is 1.